The molecule has 0 aromatic carbocycles. The Kier molecular flexibility index (Phi) is 6.79. The Morgan fingerprint density at radius 3 is 2.18 bits per heavy atom. The highest BCUT2D eigenvalue weighted by atomic mass is 16.5. The van der Waals surface area contributed by atoms with Crippen molar-refractivity contribution in [2.24, 2.45) is 0 Å². The lowest BCUT2D eigenvalue weighted by molar-refractivity contribution is 0.529. The summed E-state index contributed by atoms with van der Waals surface area (Å²) in [7, 11) is 0. The van der Waals surface area contributed by atoms with E-state index in [1.807, 2.05) is 19.9 Å². The molecular formula is C13H21N3O. The third-order valence-electron chi connectivity index (χ3n) is 1.94. The SMILES string of the molecule is CC.CC(=N)OC(=N)c1ccc(C(C)C)cn1. The van der Waals surface area contributed by atoms with Crippen LogP contribution in [-0.4, -0.2) is 16.8 Å². The van der Waals surface area contributed by atoms with Gasteiger partial charge >= 0.3 is 0 Å². The van der Waals surface area contributed by atoms with Crippen LogP contribution in [0, 0.1) is 10.8 Å². The third-order valence-corrected chi connectivity index (χ3v) is 1.94. The Balaban J connectivity index is 0.00000121. The molecule has 0 aliphatic carbocycles. The van der Waals surface area contributed by atoms with Gasteiger partial charge in [-0.1, -0.05) is 33.8 Å². The lowest BCUT2D eigenvalue weighted by Gasteiger charge is -2.07. The monoisotopic (exact) mass is 235 g/mol. The van der Waals surface area contributed by atoms with Crippen molar-refractivity contribution in [2.75, 3.05) is 0 Å². The second kappa shape index (κ2) is 7.54. The predicted molar refractivity (Wildman–Crippen MR) is 71.0 cm³/mol. The van der Waals surface area contributed by atoms with Crippen LogP contribution in [0.1, 0.15) is 51.8 Å². The Bertz CT molecular complexity index is 369. The number of nitrogens with zero attached hydrogens (tertiary/aromatic N) is 1. The second-order valence-corrected chi connectivity index (χ2v) is 3.62. The number of rotatable bonds is 2. The van der Waals surface area contributed by atoms with Gasteiger partial charge in [-0.05, 0) is 17.5 Å². The van der Waals surface area contributed by atoms with Crippen LogP contribution < -0.4 is 0 Å². The highest BCUT2D eigenvalue weighted by molar-refractivity contribution is 5.97. The zero-order chi connectivity index (χ0) is 13.4. The normalized spacial score (nSPS) is 9.29. The molecule has 4 nitrogen and oxygen atoms in total. The third kappa shape index (κ3) is 5.24. The van der Waals surface area contributed by atoms with Crippen LogP contribution in [0.3, 0.4) is 0 Å². The number of hydrogen-bond acceptors (Lipinski definition) is 4. The first kappa shape index (κ1) is 15.3. The van der Waals surface area contributed by atoms with Crippen LogP contribution in [0.25, 0.3) is 0 Å². The fraction of sp³-hybridized carbons (Fsp3) is 0.462. The highest BCUT2D eigenvalue weighted by Crippen LogP contribution is 2.12. The number of hydrogen-bond donors (Lipinski definition) is 2. The molecule has 1 aromatic heterocycles. The van der Waals surface area contributed by atoms with Gasteiger partial charge in [0, 0.05) is 13.1 Å². The maximum atomic E-state index is 7.51. The summed E-state index contributed by atoms with van der Waals surface area (Å²) in [5.41, 5.74) is 1.57. The first-order valence-electron chi connectivity index (χ1n) is 5.78. The Morgan fingerprint density at radius 1 is 1.24 bits per heavy atom. The summed E-state index contributed by atoms with van der Waals surface area (Å²) in [4.78, 5) is 4.11. The highest BCUT2D eigenvalue weighted by Gasteiger charge is 2.06. The molecule has 0 saturated heterocycles. The summed E-state index contributed by atoms with van der Waals surface area (Å²) in [6.45, 7) is 9.65. The summed E-state index contributed by atoms with van der Waals surface area (Å²) in [5.74, 6) is 0.332. The van der Waals surface area contributed by atoms with Crippen LogP contribution >= 0.6 is 0 Å². The number of aromatic nitrogens is 1. The van der Waals surface area contributed by atoms with Gasteiger partial charge in [0.2, 0.25) is 5.90 Å². The molecule has 0 atom stereocenters. The molecule has 0 spiro atoms. The molecule has 1 rings (SSSR count). The standard InChI is InChI=1S/C11H15N3O.C2H6/c1-7(2)9-4-5-10(14-6-9)11(13)15-8(3)12;1-2/h4-7,12-13H,1-3H3;1-2H3. The lowest BCUT2D eigenvalue weighted by atomic mass is 10.1. The van der Waals surface area contributed by atoms with E-state index in [4.69, 9.17) is 15.6 Å². The Labute approximate surface area is 103 Å². The van der Waals surface area contributed by atoms with E-state index >= 15 is 0 Å². The predicted octanol–water partition coefficient (Wildman–Crippen LogP) is 3.57. The average molecular weight is 235 g/mol. The van der Waals surface area contributed by atoms with Gasteiger partial charge < -0.3 is 4.74 Å². The van der Waals surface area contributed by atoms with Crippen molar-refractivity contribution in [3.63, 3.8) is 0 Å². The van der Waals surface area contributed by atoms with Crippen LogP contribution in [0.2, 0.25) is 0 Å². The summed E-state index contributed by atoms with van der Waals surface area (Å²) >= 11 is 0. The number of pyridine rings is 1. The van der Waals surface area contributed by atoms with Gasteiger partial charge in [0.15, 0.2) is 5.90 Å². The molecule has 0 bridgehead atoms. The maximum absolute atomic E-state index is 7.51. The van der Waals surface area contributed by atoms with Gasteiger partial charge in [-0.15, -0.1) is 0 Å². The Hall–Kier alpha value is -1.71. The van der Waals surface area contributed by atoms with Crippen molar-refractivity contribution in [3.05, 3.63) is 29.6 Å². The fourth-order valence-electron chi connectivity index (χ4n) is 1.09. The van der Waals surface area contributed by atoms with Gasteiger partial charge in [0.25, 0.3) is 0 Å². The van der Waals surface area contributed by atoms with E-state index in [-0.39, 0.29) is 11.8 Å². The van der Waals surface area contributed by atoms with Crippen molar-refractivity contribution in [1.29, 1.82) is 10.8 Å². The smallest absolute Gasteiger partial charge is 0.239 e. The van der Waals surface area contributed by atoms with Crippen LogP contribution in [0.4, 0.5) is 0 Å². The van der Waals surface area contributed by atoms with E-state index in [0.717, 1.165) is 5.56 Å². The molecule has 0 unspecified atom stereocenters. The van der Waals surface area contributed by atoms with E-state index in [1.165, 1.54) is 6.92 Å². The minimum absolute atomic E-state index is 0.00487. The number of nitrogens with one attached hydrogen (secondary N) is 2. The van der Waals surface area contributed by atoms with E-state index < -0.39 is 0 Å². The molecule has 0 aliphatic heterocycles. The molecule has 0 radical (unpaired) electrons. The van der Waals surface area contributed by atoms with E-state index in [9.17, 15) is 0 Å². The minimum Gasteiger partial charge on any atom is -0.424 e. The molecule has 0 aliphatic rings. The van der Waals surface area contributed by atoms with Gasteiger partial charge in [-0.25, -0.2) is 0 Å². The van der Waals surface area contributed by atoms with Crippen LogP contribution in [-0.2, 0) is 4.74 Å². The summed E-state index contributed by atoms with van der Waals surface area (Å²) < 4.78 is 4.84. The van der Waals surface area contributed by atoms with Crippen molar-refractivity contribution < 1.29 is 4.74 Å². The van der Waals surface area contributed by atoms with Gasteiger partial charge in [0.05, 0.1) is 0 Å². The molecule has 0 amide bonds. The largest absolute Gasteiger partial charge is 0.424 e. The molecule has 94 valence electrons. The van der Waals surface area contributed by atoms with Crippen molar-refractivity contribution >= 4 is 11.8 Å². The van der Waals surface area contributed by atoms with Crippen molar-refractivity contribution in [2.45, 2.75) is 40.5 Å². The molecule has 1 heterocycles. The van der Waals surface area contributed by atoms with Crippen molar-refractivity contribution in [1.82, 2.24) is 4.98 Å². The number of ether oxygens (including phenoxy) is 1. The van der Waals surface area contributed by atoms with E-state index in [2.05, 4.69) is 18.8 Å². The van der Waals surface area contributed by atoms with Gasteiger partial charge in [0.1, 0.15) is 5.69 Å². The summed E-state index contributed by atoms with van der Waals surface area (Å²) in [6.07, 6.45) is 1.73. The summed E-state index contributed by atoms with van der Waals surface area (Å²) in [6, 6.07) is 3.66. The van der Waals surface area contributed by atoms with E-state index in [1.54, 1.807) is 12.3 Å². The topological polar surface area (TPSA) is 69.8 Å². The second-order valence-electron chi connectivity index (χ2n) is 3.62. The molecule has 1 aromatic rings. The first-order valence-corrected chi connectivity index (χ1v) is 5.78. The van der Waals surface area contributed by atoms with Crippen LogP contribution in [0.15, 0.2) is 18.3 Å². The first-order chi connectivity index (χ1) is 8.00. The van der Waals surface area contributed by atoms with Crippen LogP contribution in [0.5, 0.6) is 0 Å². The minimum atomic E-state index is -0.0854. The molecule has 0 saturated carbocycles. The average Bonchev–Trinajstić information content (AvgIpc) is 2.31. The van der Waals surface area contributed by atoms with Gasteiger partial charge in [-0.3, -0.25) is 15.8 Å². The maximum Gasteiger partial charge on any atom is 0.239 e. The van der Waals surface area contributed by atoms with Crippen molar-refractivity contribution in [3.8, 4) is 0 Å². The molecule has 2 N–H and O–H groups in total. The molecule has 0 fully saturated rings. The molecule has 17 heavy (non-hydrogen) atoms. The zero-order valence-electron chi connectivity index (χ0n) is 11.2. The summed E-state index contributed by atoms with van der Waals surface area (Å²) in [5, 5.41) is 14.6. The Morgan fingerprint density at radius 2 is 1.82 bits per heavy atom. The molecule has 4 heteroatoms. The zero-order valence-corrected chi connectivity index (χ0v) is 11.2. The lowest BCUT2D eigenvalue weighted by Crippen LogP contribution is -2.10. The van der Waals surface area contributed by atoms with E-state index in [0.29, 0.717) is 11.6 Å². The van der Waals surface area contributed by atoms with Gasteiger partial charge in [-0.2, -0.15) is 0 Å². The molecular weight excluding hydrogens is 214 g/mol. The fourth-order valence-corrected chi connectivity index (χ4v) is 1.09. The quantitative estimate of drug-likeness (QED) is 0.607.